The number of hydrogen-bond acceptors (Lipinski definition) is 16. The van der Waals surface area contributed by atoms with Crippen LogP contribution in [-0.2, 0) is 0 Å². The second kappa shape index (κ2) is 52.0. The Kier molecular flexibility index (Phi) is 67.2. The van der Waals surface area contributed by atoms with Crippen molar-refractivity contribution in [1.29, 1.82) is 0 Å². The van der Waals surface area contributed by atoms with Crippen molar-refractivity contribution in [3.63, 3.8) is 0 Å². The third kappa shape index (κ3) is 55.9. The third-order valence-corrected chi connectivity index (χ3v) is 4.42. The molecule has 0 saturated heterocycles. The number of aliphatic hydroxyl groups excluding tert-OH is 9. The molecule has 16 nitrogen and oxygen atoms in total. The molecule has 0 spiro atoms. The highest BCUT2D eigenvalue weighted by atomic mass is 16.4. The van der Waals surface area contributed by atoms with Gasteiger partial charge in [0, 0.05) is 45.8 Å². The first-order valence-electron chi connectivity index (χ1n) is 14.2. The average molecular weight is 612 g/mol. The number of nitrogens with zero attached hydrogens (tertiary/aromatic N) is 1. The summed E-state index contributed by atoms with van der Waals surface area (Å²) < 4.78 is 0. The number of nitrogens with one attached hydrogen (secondary N) is 3. The number of nitrogens with two attached hydrogens (primary N) is 3. The summed E-state index contributed by atoms with van der Waals surface area (Å²) in [5.41, 5.74) is 14.6. The van der Waals surface area contributed by atoms with Crippen LogP contribution in [0.2, 0.25) is 0 Å². The van der Waals surface area contributed by atoms with Crippen LogP contribution in [-0.4, -0.2) is 187 Å². The van der Waals surface area contributed by atoms with Gasteiger partial charge in [-0.3, -0.25) is 0 Å². The number of hydrogen-bond donors (Lipinski definition) is 15. The molecule has 0 aromatic carbocycles. The highest BCUT2D eigenvalue weighted by Crippen LogP contribution is 2.04. The van der Waals surface area contributed by atoms with Gasteiger partial charge in [0.25, 0.3) is 0 Å². The average Bonchev–Trinajstić information content (AvgIpc) is 3.00. The van der Waals surface area contributed by atoms with Crippen LogP contribution in [0.3, 0.4) is 0 Å². The summed E-state index contributed by atoms with van der Waals surface area (Å²) in [5, 5.41) is 85.9. The minimum atomic E-state index is -1.55. The van der Waals surface area contributed by atoms with E-state index in [1.165, 1.54) is 0 Å². The fourth-order valence-corrected chi connectivity index (χ4v) is 2.11. The Balaban J connectivity index is -0.0000000954. The lowest BCUT2D eigenvalue weighted by Gasteiger charge is -2.25. The second-order valence-electron chi connectivity index (χ2n) is 7.85. The fraction of sp³-hybridized carbons (Fsp3) is 1.00. The number of rotatable bonds is 18. The molecule has 0 amide bonds. The van der Waals surface area contributed by atoms with Gasteiger partial charge in [0.15, 0.2) is 0 Å². The quantitative estimate of drug-likeness (QED) is 0.0641. The number of aliphatic hydroxyl groups is 9. The van der Waals surface area contributed by atoms with Crippen molar-refractivity contribution in [3.05, 3.63) is 0 Å². The summed E-state index contributed by atoms with van der Waals surface area (Å²) in [6.07, 6.45) is -5.65. The molecule has 0 rings (SSSR count). The van der Waals surface area contributed by atoms with Gasteiger partial charge in [-0.2, -0.15) is 0 Å². The summed E-state index contributed by atoms with van der Waals surface area (Å²) in [4.78, 5) is 2.18. The van der Waals surface area contributed by atoms with E-state index in [0.717, 1.165) is 32.7 Å². The van der Waals surface area contributed by atoms with Crippen LogP contribution in [0, 0.1) is 0 Å². The Labute approximate surface area is 248 Å². The van der Waals surface area contributed by atoms with Crippen molar-refractivity contribution < 1.29 is 46.0 Å². The van der Waals surface area contributed by atoms with Crippen LogP contribution in [0.25, 0.3) is 0 Å². The summed E-state index contributed by atoms with van der Waals surface area (Å²) in [5.74, 6) is 0. The lowest BCUT2D eigenvalue weighted by molar-refractivity contribution is -0.113. The molecule has 0 radical (unpaired) electrons. The molecule has 18 N–H and O–H groups in total. The van der Waals surface area contributed by atoms with Crippen molar-refractivity contribution in [2.45, 2.75) is 52.1 Å². The van der Waals surface area contributed by atoms with Gasteiger partial charge in [-0.05, 0) is 33.2 Å². The molecule has 0 fully saturated rings. The van der Waals surface area contributed by atoms with E-state index in [0.29, 0.717) is 32.7 Å². The molecule has 0 aliphatic rings. The van der Waals surface area contributed by atoms with Gasteiger partial charge in [-0.15, -0.1) is 0 Å². The normalized spacial score (nSPS) is 12.7. The lowest BCUT2D eigenvalue weighted by atomic mass is 10.0. The van der Waals surface area contributed by atoms with Gasteiger partial charge in [-0.25, -0.2) is 0 Å². The standard InChI is InChI=1S/C7H17NO5.C6H15NO.C4H11NO2.C4H11N.C2H8N2.C2H7NO/c1-8-2-4(10)6(12)7(13)5(11)3-9;1-3-7(4-2)5-6-8;6-3-1-5-2-4-7;1-3-5-4-2;2*3-1-2-4/h4-13H,2-3H2,1H3;8H,3-6H2,1-2H3;5-7H,1-4H2;5H,3-4H2,1-2H3;1-4H2;4H,1-3H2/t4-,5+,6+,7+;;;;;/m0...../s1. The van der Waals surface area contributed by atoms with Gasteiger partial charge in [0.05, 0.1) is 39.1 Å². The van der Waals surface area contributed by atoms with Crippen molar-refractivity contribution in [3.8, 4) is 0 Å². The smallest absolute Gasteiger partial charge is 0.111 e. The summed E-state index contributed by atoms with van der Waals surface area (Å²) >= 11 is 0. The van der Waals surface area contributed by atoms with Gasteiger partial charge in [0.2, 0.25) is 0 Å². The van der Waals surface area contributed by atoms with Gasteiger partial charge in [0.1, 0.15) is 18.3 Å². The topological polar surface area (TPSA) is 299 Å². The SMILES string of the molecule is CCN(CC)CCO.CCNCC.CNC[C@H](O)[C@@H](O)[C@H](O)[C@H](O)CO.NCCN.NCCO.OCCNCCO. The van der Waals surface area contributed by atoms with Crippen molar-refractivity contribution >= 4 is 0 Å². The maximum absolute atomic E-state index is 9.21. The van der Waals surface area contributed by atoms with Crippen LogP contribution in [0.1, 0.15) is 27.7 Å². The molecule has 0 aromatic rings. The Bertz CT molecular complexity index is 383. The molecule has 0 bridgehead atoms. The maximum atomic E-state index is 9.21. The van der Waals surface area contributed by atoms with Crippen molar-refractivity contribution in [2.75, 3.05) is 112 Å². The van der Waals surface area contributed by atoms with E-state index in [2.05, 4.69) is 48.5 Å². The predicted molar refractivity (Wildman–Crippen MR) is 165 cm³/mol. The van der Waals surface area contributed by atoms with Crippen LogP contribution < -0.4 is 33.2 Å². The first-order valence-corrected chi connectivity index (χ1v) is 14.2. The molecule has 16 heteroatoms. The molecule has 41 heavy (non-hydrogen) atoms. The zero-order chi connectivity index (χ0) is 33.3. The van der Waals surface area contributed by atoms with Crippen LogP contribution in [0.4, 0.5) is 0 Å². The van der Waals surface area contributed by atoms with E-state index in [9.17, 15) is 5.11 Å². The van der Waals surface area contributed by atoms with Gasteiger partial charge >= 0.3 is 0 Å². The van der Waals surface area contributed by atoms with Crippen LogP contribution in [0.5, 0.6) is 0 Å². The first kappa shape index (κ1) is 53.0. The van der Waals surface area contributed by atoms with Crippen molar-refractivity contribution in [2.24, 2.45) is 17.2 Å². The third-order valence-electron chi connectivity index (χ3n) is 4.42. The van der Waals surface area contributed by atoms with Gasteiger partial charge in [-0.1, -0.05) is 27.7 Å². The lowest BCUT2D eigenvalue weighted by Crippen LogP contribution is -2.48. The molecule has 0 saturated carbocycles. The number of likely N-dealkylation sites (N-methyl/N-ethyl adjacent to an activating group) is 2. The van der Waals surface area contributed by atoms with E-state index >= 15 is 0 Å². The predicted octanol–water partition coefficient (Wildman–Crippen LogP) is -6.02. The van der Waals surface area contributed by atoms with E-state index in [-0.39, 0.29) is 33.0 Å². The first-order chi connectivity index (χ1) is 19.5. The van der Waals surface area contributed by atoms with Crippen molar-refractivity contribution in [1.82, 2.24) is 20.9 Å². The molecule has 0 aromatic heterocycles. The van der Waals surface area contributed by atoms with E-state index in [1.807, 2.05) is 0 Å². The van der Waals surface area contributed by atoms with E-state index < -0.39 is 31.0 Å². The highest BCUT2D eigenvalue weighted by Gasteiger charge is 2.29. The molecule has 0 heterocycles. The minimum Gasteiger partial charge on any atom is -0.395 e. The zero-order valence-corrected chi connectivity index (χ0v) is 26.3. The molecule has 0 unspecified atom stereocenters. The van der Waals surface area contributed by atoms with E-state index in [4.69, 9.17) is 58.1 Å². The Morgan fingerprint density at radius 1 is 0.610 bits per heavy atom. The summed E-state index contributed by atoms with van der Waals surface area (Å²) in [7, 11) is 1.57. The Morgan fingerprint density at radius 3 is 1.22 bits per heavy atom. The second-order valence-corrected chi connectivity index (χ2v) is 7.85. The minimum absolute atomic E-state index is 0.0936. The molecule has 4 atom stereocenters. The van der Waals surface area contributed by atoms with Crippen LogP contribution in [0.15, 0.2) is 0 Å². The molecular formula is C25H69N7O9. The summed E-state index contributed by atoms with van der Waals surface area (Å²) in [6.45, 7) is 16.3. The molecular weight excluding hydrogens is 542 g/mol. The highest BCUT2D eigenvalue weighted by molar-refractivity contribution is 4.81. The Hall–Kier alpha value is -0.640. The summed E-state index contributed by atoms with van der Waals surface area (Å²) in [6, 6.07) is 0. The van der Waals surface area contributed by atoms with E-state index in [1.54, 1.807) is 7.05 Å². The largest absolute Gasteiger partial charge is 0.395 e. The molecule has 0 aliphatic heterocycles. The monoisotopic (exact) mass is 612 g/mol. The van der Waals surface area contributed by atoms with Gasteiger partial charge < -0.3 is 84.0 Å². The zero-order valence-electron chi connectivity index (χ0n) is 26.3. The molecule has 258 valence electrons. The fourth-order valence-electron chi connectivity index (χ4n) is 2.11. The maximum Gasteiger partial charge on any atom is 0.111 e. The van der Waals surface area contributed by atoms with Crippen LogP contribution >= 0.6 is 0 Å². The Morgan fingerprint density at radius 2 is 1.02 bits per heavy atom. The molecule has 0 aliphatic carbocycles.